The van der Waals surface area contributed by atoms with Crippen LogP contribution in [0.2, 0.25) is 0 Å². The molecule has 0 saturated carbocycles. The van der Waals surface area contributed by atoms with Crippen molar-refractivity contribution in [2.45, 2.75) is 29.6 Å². The molecule has 0 aliphatic carbocycles. The summed E-state index contributed by atoms with van der Waals surface area (Å²) in [5.41, 5.74) is 1.59. The number of methoxy groups -OCH3 is 2. The lowest BCUT2D eigenvalue weighted by Gasteiger charge is -2.21. The van der Waals surface area contributed by atoms with Crippen molar-refractivity contribution < 1.29 is 22.7 Å². The summed E-state index contributed by atoms with van der Waals surface area (Å²) in [4.78, 5) is 14.8. The third kappa shape index (κ3) is 5.08. The molecule has 1 aliphatic heterocycles. The first kappa shape index (κ1) is 22.5. The lowest BCUT2D eigenvalue weighted by Crippen LogP contribution is -2.30. The highest BCUT2D eigenvalue weighted by atomic mass is 32.2. The van der Waals surface area contributed by atoms with Gasteiger partial charge in [0.05, 0.1) is 24.8 Å². The lowest BCUT2D eigenvalue weighted by molar-refractivity contribution is -0.116. The summed E-state index contributed by atoms with van der Waals surface area (Å²) in [5.74, 6) is 2.03. The van der Waals surface area contributed by atoms with Gasteiger partial charge in [-0.3, -0.25) is 4.79 Å². The molecule has 1 heterocycles. The molecule has 2 aromatic rings. The van der Waals surface area contributed by atoms with E-state index in [0.717, 1.165) is 22.6 Å². The zero-order valence-electron chi connectivity index (χ0n) is 17.3. The van der Waals surface area contributed by atoms with Crippen LogP contribution in [0.4, 0.5) is 5.69 Å². The first-order chi connectivity index (χ1) is 14.4. The smallest absolute Gasteiger partial charge is 0.240 e. The Hall–Kier alpha value is -2.23. The van der Waals surface area contributed by atoms with Crippen molar-refractivity contribution in [2.24, 2.45) is 0 Å². The van der Waals surface area contributed by atoms with Gasteiger partial charge in [-0.2, -0.15) is 0 Å². The fourth-order valence-corrected chi connectivity index (χ4v) is 5.32. The van der Waals surface area contributed by atoms with E-state index in [4.69, 9.17) is 9.47 Å². The number of thioether (sulfide) groups is 1. The summed E-state index contributed by atoms with van der Waals surface area (Å²) in [6.07, 6.45) is 1.37. The zero-order chi connectivity index (χ0) is 21.7. The van der Waals surface area contributed by atoms with Gasteiger partial charge in [0.1, 0.15) is 0 Å². The fraction of sp³-hybridized carbons (Fsp3) is 0.381. The van der Waals surface area contributed by atoms with Gasteiger partial charge in [0.2, 0.25) is 15.9 Å². The molecule has 1 amide bonds. The Morgan fingerprint density at radius 2 is 1.90 bits per heavy atom. The summed E-state index contributed by atoms with van der Waals surface area (Å²) < 4.78 is 38.8. The molecular formula is C21H26N2O5S2. The minimum Gasteiger partial charge on any atom is -0.493 e. The molecule has 0 atom stereocenters. The molecule has 1 aliphatic rings. The van der Waals surface area contributed by atoms with Gasteiger partial charge in [-0.05, 0) is 54.5 Å². The number of carbonyl (C=O) groups is 1. The summed E-state index contributed by atoms with van der Waals surface area (Å²) in [6, 6.07) is 10.5. The Labute approximate surface area is 181 Å². The van der Waals surface area contributed by atoms with E-state index in [-0.39, 0.29) is 17.3 Å². The van der Waals surface area contributed by atoms with Crippen LogP contribution in [0.3, 0.4) is 0 Å². The molecule has 0 bridgehead atoms. The molecule has 30 heavy (non-hydrogen) atoms. The number of nitrogens with zero attached hydrogens (tertiary/aromatic N) is 1. The van der Waals surface area contributed by atoms with Crippen molar-refractivity contribution in [1.29, 1.82) is 0 Å². The summed E-state index contributed by atoms with van der Waals surface area (Å²) in [6.45, 7) is 2.33. The van der Waals surface area contributed by atoms with Crippen LogP contribution in [0.5, 0.6) is 11.5 Å². The van der Waals surface area contributed by atoms with Crippen LogP contribution in [0.1, 0.15) is 18.9 Å². The minimum atomic E-state index is -3.71. The van der Waals surface area contributed by atoms with E-state index in [9.17, 15) is 13.2 Å². The number of carbonyl (C=O) groups excluding carboxylic acids is 1. The van der Waals surface area contributed by atoms with Crippen LogP contribution in [0.15, 0.2) is 46.2 Å². The van der Waals surface area contributed by atoms with Gasteiger partial charge in [0.25, 0.3) is 0 Å². The van der Waals surface area contributed by atoms with E-state index in [0.29, 0.717) is 30.2 Å². The first-order valence-corrected chi connectivity index (χ1v) is 12.1. The second-order valence-electron chi connectivity index (χ2n) is 6.84. The molecule has 2 aromatic carbocycles. The minimum absolute atomic E-state index is 0.0882. The molecule has 0 aromatic heterocycles. The predicted octanol–water partition coefficient (Wildman–Crippen LogP) is 3.07. The van der Waals surface area contributed by atoms with E-state index < -0.39 is 10.0 Å². The molecule has 0 spiro atoms. The number of hydrogen-bond acceptors (Lipinski definition) is 6. The number of ether oxygens (including phenoxy) is 2. The van der Waals surface area contributed by atoms with E-state index in [1.165, 1.54) is 6.92 Å². The number of fused-ring (bicyclic) bond motifs is 1. The topological polar surface area (TPSA) is 84.9 Å². The molecular weight excluding hydrogens is 424 g/mol. The molecule has 0 fully saturated rings. The molecule has 0 unspecified atom stereocenters. The Kier molecular flexibility index (Phi) is 7.27. The van der Waals surface area contributed by atoms with Crippen molar-refractivity contribution in [3.05, 3.63) is 42.0 Å². The lowest BCUT2D eigenvalue weighted by atomic mass is 10.1. The predicted molar refractivity (Wildman–Crippen MR) is 118 cm³/mol. The number of benzene rings is 2. The monoisotopic (exact) mass is 450 g/mol. The normalized spacial score (nSPS) is 14.0. The Morgan fingerprint density at radius 1 is 1.13 bits per heavy atom. The average Bonchev–Trinajstić information content (AvgIpc) is 2.95. The molecule has 0 radical (unpaired) electrons. The van der Waals surface area contributed by atoms with Crippen molar-refractivity contribution in [3.8, 4) is 11.5 Å². The highest BCUT2D eigenvalue weighted by molar-refractivity contribution is 7.99. The van der Waals surface area contributed by atoms with Crippen LogP contribution in [-0.2, 0) is 21.2 Å². The van der Waals surface area contributed by atoms with E-state index in [1.54, 1.807) is 55.1 Å². The van der Waals surface area contributed by atoms with Crippen LogP contribution >= 0.6 is 11.8 Å². The molecule has 1 N–H and O–H groups in total. The van der Waals surface area contributed by atoms with Gasteiger partial charge in [0.15, 0.2) is 11.5 Å². The largest absolute Gasteiger partial charge is 0.493 e. The third-order valence-electron chi connectivity index (χ3n) is 4.85. The maximum Gasteiger partial charge on any atom is 0.240 e. The van der Waals surface area contributed by atoms with Crippen LogP contribution in [0, 0.1) is 0 Å². The Bertz CT molecular complexity index is 1020. The number of nitrogens with one attached hydrogen (secondary N) is 1. The summed E-state index contributed by atoms with van der Waals surface area (Å²) in [5, 5.41) is 0. The molecule has 162 valence electrons. The second-order valence-corrected chi connectivity index (χ2v) is 9.74. The molecule has 7 nitrogen and oxygen atoms in total. The van der Waals surface area contributed by atoms with Crippen molar-refractivity contribution in [3.63, 3.8) is 0 Å². The highest BCUT2D eigenvalue weighted by Crippen LogP contribution is 2.35. The number of hydrogen-bond donors (Lipinski definition) is 1. The van der Waals surface area contributed by atoms with Crippen LogP contribution < -0.4 is 19.1 Å². The SMILES string of the molecule is COc1ccc(CCNS(=O)(=O)c2ccc3c(c2)N(C(C)=O)CCCS3)cc1OC. The average molecular weight is 451 g/mol. The van der Waals surface area contributed by atoms with Gasteiger partial charge < -0.3 is 14.4 Å². The quantitative estimate of drug-likeness (QED) is 0.698. The van der Waals surface area contributed by atoms with Crippen molar-refractivity contribution in [2.75, 3.05) is 38.0 Å². The Morgan fingerprint density at radius 3 is 2.60 bits per heavy atom. The van der Waals surface area contributed by atoms with Crippen LogP contribution in [-0.4, -0.2) is 47.4 Å². The number of anilines is 1. The zero-order valence-corrected chi connectivity index (χ0v) is 18.9. The Balaban J connectivity index is 1.74. The summed E-state index contributed by atoms with van der Waals surface area (Å²) in [7, 11) is -0.578. The van der Waals surface area contributed by atoms with Gasteiger partial charge in [0, 0.05) is 24.9 Å². The van der Waals surface area contributed by atoms with Gasteiger partial charge in [-0.15, -0.1) is 11.8 Å². The van der Waals surface area contributed by atoms with Gasteiger partial charge >= 0.3 is 0 Å². The second kappa shape index (κ2) is 9.72. The number of sulfonamides is 1. The molecule has 9 heteroatoms. The third-order valence-corrected chi connectivity index (χ3v) is 7.46. The van der Waals surface area contributed by atoms with Crippen molar-refractivity contribution in [1.82, 2.24) is 4.72 Å². The maximum absolute atomic E-state index is 12.8. The van der Waals surface area contributed by atoms with Crippen LogP contribution in [0.25, 0.3) is 0 Å². The number of amides is 1. The highest BCUT2D eigenvalue weighted by Gasteiger charge is 2.22. The number of rotatable bonds is 7. The van der Waals surface area contributed by atoms with E-state index >= 15 is 0 Å². The van der Waals surface area contributed by atoms with Gasteiger partial charge in [-0.1, -0.05) is 6.07 Å². The fourth-order valence-electron chi connectivity index (χ4n) is 3.30. The first-order valence-electron chi connectivity index (χ1n) is 9.61. The molecule has 0 saturated heterocycles. The maximum atomic E-state index is 12.8. The van der Waals surface area contributed by atoms with Gasteiger partial charge in [-0.25, -0.2) is 13.1 Å². The standard InChI is InChI=1S/C21H26N2O5S2/c1-15(24)23-11-4-12-29-21-8-6-17(14-18(21)23)30(25,26)22-10-9-16-5-7-19(27-2)20(13-16)28-3/h5-8,13-14,22H,4,9-12H2,1-3H3. The molecule has 3 rings (SSSR count). The summed E-state index contributed by atoms with van der Waals surface area (Å²) >= 11 is 1.64. The van der Waals surface area contributed by atoms with Crippen molar-refractivity contribution >= 4 is 33.4 Å². The van der Waals surface area contributed by atoms with E-state index in [2.05, 4.69) is 4.72 Å². The van der Waals surface area contributed by atoms with E-state index in [1.807, 2.05) is 12.1 Å².